The van der Waals surface area contributed by atoms with Crippen LogP contribution < -0.4 is 5.76 Å². The van der Waals surface area contributed by atoms with Crippen molar-refractivity contribution in [2.75, 3.05) is 6.26 Å². The van der Waals surface area contributed by atoms with Gasteiger partial charge in [-0.3, -0.25) is 0 Å². The van der Waals surface area contributed by atoms with E-state index in [1.165, 1.54) is 18.2 Å². The van der Waals surface area contributed by atoms with Crippen LogP contribution in [0.5, 0.6) is 0 Å². The Morgan fingerprint density at radius 3 is 2.44 bits per heavy atom. The van der Waals surface area contributed by atoms with Crippen molar-refractivity contribution < 1.29 is 21.6 Å². The highest BCUT2D eigenvalue weighted by molar-refractivity contribution is 7.90. The number of sulfone groups is 1. The number of aryl methyl sites for hydroxylation is 1. The van der Waals surface area contributed by atoms with E-state index in [9.17, 15) is 22.0 Å². The molecule has 0 radical (unpaired) electrons. The summed E-state index contributed by atoms with van der Waals surface area (Å²) < 4.78 is 57.6. The molecule has 1 aromatic heterocycles. The number of nitriles is 1. The standard InChI is InChI=1S/C18H12F2N2O4S/c1-10-5-12(4-3-11(10)8-21)22-16(9-26-18(22)23)13-6-15(20)17(7-14(13)19)27(2,24)25/h3-7,9H,1-2H3. The summed E-state index contributed by atoms with van der Waals surface area (Å²) in [5.74, 6) is -3.03. The molecule has 3 rings (SSSR count). The van der Waals surface area contributed by atoms with Crippen LogP contribution in [0.2, 0.25) is 0 Å². The highest BCUT2D eigenvalue weighted by Crippen LogP contribution is 2.29. The summed E-state index contributed by atoms with van der Waals surface area (Å²) in [6, 6.07) is 7.72. The van der Waals surface area contributed by atoms with Gasteiger partial charge < -0.3 is 4.42 Å². The van der Waals surface area contributed by atoms with E-state index < -0.39 is 32.1 Å². The minimum absolute atomic E-state index is 0.0967. The lowest BCUT2D eigenvalue weighted by Crippen LogP contribution is -2.14. The molecule has 138 valence electrons. The molecule has 0 atom stereocenters. The molecule has 1 heterocycles. The molecule has 0 fully saturated rings. The van der Waals surface area contributed by atoms with Gasteiger partial charge in [0.05, 0.1) is 23.0 Å². The number of halogens is 2. The Bertz CT molecular complexity index is 1270. The van der Waals surface area contributed by atoms with Crippen LogP contribution in [0.4, 0.5) is 8.78 Å². The van der Waals surface area contributed by atoms with Crippen molar-refractivity contribution in [1.29, 1.82) is 5.26 Å². The van der Waals surface area contributed by atoms with Crippen molar-refractivity contribution in [3.05, 3.63) is 69.9 Å². The number of rotatable bonds is 3. The first kappa shape index (κ1) is 18.5. The fourth-order valence-electron chi connectivity index (χ4n) is 2.66. The summed E-state index contributed by atoms with van der Waals surface area (Å²) in [4.78, 5) is 11.3. The molecule has 0 saturated carbocycles. The van der Waals surface area contributed by atoms with Crippen molar-refractivity contribution in [2.45, 2.75) is 11.8 Å². The van der Waals surface area contributed by atoms with E-state index in [0.717, 1.165) is 17.1 Å². The molecule has 0 saturated heterocycles. The Morgan fingerprint density at radius 1 is 1.15 bits per heavy atom. The zero-order valence-electron chi connectivity index (χ0n) is 14.2. The van der Waals surface area contributed by atoms with Gasteiger partial charge in [-0.15, -0.1) is 0 Å². The number of oxazole rings is 1. The fraction of sp³-hybridized carbons (Fsp3) is 0.111. The largest absolute Gasteiger partial charge is 0.424 e. The van der Waals surface area contributed by atoms with Gasteiger partial charge in [-0.25, -0.2) is 26.6 Å². The van der Waals surface area contributed by atoms with Crippen LogP contribution in [0.15, 0.2) is 50.7 Å². The molecule has 0 aliphatic heterocycles. The second kappa shape index (κ2) is 6.48. The average Bonchev–Trinajstić information content (AvgIpc) is 2.97. The molecule has 9 heteroatoms. The lowest BCUT2D eigenvalue weighted by Gasteiger charge is -2.10. The van der Waals surface area contributed by atoms with Gasteiger partial charge in [-0.2, -0.15) is 5.26 Å². The highest BCUT2D eigenvalue weighted by Gasteiger charge is 2.22. The summed E-state index contributed by atoms with van der Waals surface area (Å²) in [5.41, 5.74) is 0.820. The molecule has 6 nitrogen and oxygen atoms in total. The van der Waals surface area contributed by atoms with Gasteiger partial charge >= 0.3 is 5.76 Å². The molecule has 0 aliphatic carbocycles. The molecule has 27 heavy (non-hydrogen) atoms. The lowest BCUT2D eigenvalue weighted by molar-refractivity contribution is 0.504. The quantitative estimate of drug-likeness (QED) is 0.685. The van der Waals surface area contributed by atoms with E-state index in [1.807, 2.05) is 6.07 Å². The van der Waals surface area contributed by atoms with Gasteiger partial charge in [0.1, 0.15) is 22.8 Å². The van der Waals surface area contributed by atoms with Crippen LogP contribution in [-0.4, -0.2) is 19.2 Å². The number of benzene rings is 2. The Morgan fingerprint density at radius 2 is 1.85 bits per heavy atom. The van der Waals surface area contributed by atoms with Crippen LogP contribution in [0, 0.1) is 29.9 Å². The maximum absolute atomic E-state index is 14.5. The predicted molar refractivity (Wildman–Crippen MR) is 92.2 cm³/mol. The smallest absolute Gasteiger partial charge is 0.415 e. The third-order valence-electron chi connectivity index (χ3n) is 3.98. The maximum atomic E-state index is 14.5. The minimum Gasteiger partial charge on any atom is -0.415 e. The van der Waals surface area contributed by atoms with E-state index in [4.69, 9.17) is 9.68 Å². The van der Waals surface area contributed by atoms with Crippen molar-refractivity contribution >= 4 is 9.84 Å². The van der Waals surface area contributed by atoms with Crippen molar-refractivity contribution in [2.24, 2.45) is 0 Å². The second-order valence-corrected chi connectivity index (χ2v) is 7.85. The molecule has 3 aromatic rings. The van der Waals surface area contributed by atoms with E-state index in [1.54, 1.807) is 6.92 Å². The van der Waals surface area contributed by atoms with Gasteiger partial charge in [0.2, 0.25) is 0 Å². The van der Waals surface area contributed by atoms with Crippen LogP contribution >= 0.6 is 0 Å². The summed E-state index contributed by atoms with van der Waals surface area (Å²) in [6.07, 6.45) is 1.71. The highest BCUT2D eigenvalue weighted by atomic mass is 32.2. The summed E-state index contributed by atoms with van der Waals surface area (Å²) >= 11 is 0. The molecule has 0 spiro atoms. The number of nitrogens with zero attached hydrogens (tertiary/aromatic N) is 2. The molecule has 0 bridgehead atoms. The van der Waals surface area contributed by atoms with Gasteiger partial charge in [-0.05, 0) is 42.8 Å². The average molecular weight is 390 g/mol. The number of hydrogen-bond donors (Lipinski definition) is 0. The van der Waals surface area contributed by atoms with Gasteiger partial charge in [0.25, 0.3) is 0 Å². The van der Waals surface area contributed by atoms with Crippen molar-refractivity contribution in [1.82, 2.24) is 4.57 Å². The molecule has 0 N–H and O–H groups in total. The van der Waals surface area contributed by atoms with E-state index in [0.29, 0.717) is 23.3 Å². The normalized spacial score (nSPS) is 11.4. The fourth-order valence-corrected chi connectivity index (χ4v) is 3.39. The van der Waals surface area contributed by atoms with Crippen LogP contribution in [-0.2, 0) is 9.84 Å². The SMILES string of the molecule is Cc1cc(-n2c(-c3cc(F)c(S(C)(=O)=O)cc3F)coc2=O)ccc1C#N. The monoisotopic (exact) mass is 390 g/mol. The maximum Gasteiger partial charge on any atom is 0.424 e. The Hall–Kier alpha value is -3.25. The van der Waals surface area contributed by atoms with Gasteiger partial charge in [0, 0.05) is 11.8 Å². The molecular weight excluding hydrogens is 378 g/mol. The zero-order valence-corrected chi connectivity index (χ0v) is 15.0. The predicted octanol–water partition coefficient (Wildman–Crippen LogP) is 2.96. The minimum atomic E-state index is -3.96. The third-order valence-corrected chi connectivity index (χ3v) is 5.09. The Balaban J connectivity index is 2.25. The first-order valence-corrected chi connectivity index (χ1v) is 9.43. The van der Waals surface area contributed by atoms with Crippen molar-refractivity contribution in [3.8, 4) is 23.0 Å². The second-order valence-electron chi connectivity index (χ2n) is 5.87. The first-order valence-electron chi connectivity index (χ1n) is 7.54. The lowest BCUT2D eigenvalue weighted by atomic mass is 10.1. The van der Waals surface area contributed by atoms with Crippen molar-refractivity contribution in [3.63, 3.8) is 0 Å². The first-order chi connectivity index (χ1) is 12.6. The molecular formula is C18H12F2N2O4S. The third kappa shape index (κ3) is 3.27. The van der Waals surface area contributed by atoms with E-state index >= 15 is 0 Å². The number of aromatic nitrogens is 1. The van der Waals surface area contributed by atoms with Crippen LogP contribution in [0.3, 0.4) is 0 Å². The van der Waals surface area contributed by atoms with E-state index in [-0.39, 0.29) is 16.9 Å². The summed E-state index contributed by atoms with van der Waals surface area (Å²) in [6.45, 7) is 1.66. The Labute approximate surface area is 152 Å². The van der Waals surface area contributed by atoms with Gasteiger partial charge in [0.15, 0.2) is 9.84 Å². The molecule has 2 aromatic carbocycles. The summed E-state index contributed by atoms with van der Waals surface area (Å²) in [5, 5.41) is 9.01. The van der Waals surface area contributed by atoms with E-state index in [2.05, 4.69) is 0 Å². The Kier molecular flexibility index (Phi) is 4.45. The van der Waals surface area contributed by atoms with Gasteiger partial charge in [-0.1, -0.05) is 0 Å². The van der Waals surface area contributed by atoms with Crippen LogP contribution in [0.25, 0.3) is 16.9 Å². The topological polar surface area (TPSA) is 93.1 Å². The van der Waals surface area contributed by atoms with Crippen LogP contribution in [0.1, 0.15) is 11.1 Å². The number of hydrogen-bond acceptors (Lipinski definition) is 5. The molecule has 0 amide bonds. The zero-order chi connectivity index (χ0) is 19.9. The molecule has 0 aliphatic rings. The summed E-state index contributed by atoms with van der Waals surface area (Å²) in [7, 11) is -3.96. The molecule has 0 unspecified atom stereocenters.